The Kier molecular flexibility index (Phi) is 3.01. The van der Waals surface area contributed by atoms with Crippen molar-refractivity contribution in [2.24, 2.45) is 5.16 Å². The molecular formula is C13H16N6O4. The van der Waals surface area contributed by atoms with Crippen molar-refractivity contribution in [2.45, 2.75) is 44.2 Å². The number of nitrogens with zero attached hydrogens (tertiary/aromatic N) is 5. The molecule has 2 aromatic rings. The molecule has 2 fully saturated rings. The third-order valence-corrected chi connectivity index (χ3v) is 3.94. The second-order valence-electron chi connectivity index (χ2n) is 5.90. The van der Waals surface area contributed by atoms with Crippen LogP contribution in [0.4, 0.5) is 5.82 Å². The lowest BCUT2D eigenvalue weighted by Crippen LogP contribution is -2.30. The number of ether oxygens (including phenoxy) is 3. The van der Waals surface area contributed by atoms with Gasteiger partial charge >= 0.3 is 0 Å². The van der Waals surface area contributed by atoms with Crippen molar-refractivity contribution in [1.29, 1.82) is 0 Å². The van der Waals surface area contributed by atoms with E-state index in [9.17, 15) is 0 Å². The summed E-state index contributed by atoms with van der Waals surface area (Å²) in [7, 11) is 0. The van der Waals surface area contributed by atoms with E-state index in [0.29, 0.717) is 17.0 Å². The molecule has 0 radical (unpaired) electrons. The van der Waals surface area contributed by atoms with Crippen molar-refractivity contribution < 1.29 is 19.4 Å². The van der Waals surface area contributed by atoms with Gasteiger partial charge in [0.15, 0.2) is 23.5 Å². The van der Waals surface area contributed by atoms with E-state index in [-0.39, 0.29) is 0 Å². The van der Waals surface area contributed by atoms with Crippen LogP contribution in [-0.4, -0.2) is 55.0 Å². The normalized spacial score (nSPS) is 32.8. The van der Waals surface area contributed by atoms with Crippen molar-refractivity contribution in [1.82, 2.24) is 19.5 Å². The van der Waals surface area contributed by atoms with Crippen LogP contribution >= 0.6 is 0 Å². The van der Waals surface area contributed by atoms with Crippen LogP contribution in [0.2, 0.25) is 0 Å². The molecule has 0 amide bonds. The average Bonchev–Trinajstić information content (AvgIpc) is 3.13. The predicted molar refractivity (Wildman–Crippen MR) is 77.7 cm³/mol. The molecule has 0 bridgehead atoms. The second-order valence-corrected chi connectivity index (χ2v) is 5.90. The van der Waals surface area contributed by atoms with Crippen molar-refractivity contribution >= 4 is 23.2 Å². The topological polar surface area (TPSA) is 130 Å². The summed E-state index contributed by atoms with van der Waals surface area (Å²) in [5.74, 6) is -0.468. The van der Waals surface area contributed by atoms with Crippen molar-refractivity contribution in [3.63, 3.8) is 0 Å². The monoisotopic (exact) mass is 320 g/mol. The van der Waals surface area contributed by atoms with Crippen LogP contribution in [0.25, 0.3) is 11.2 Å². The van der Waals surface area contributed by atoms with Gasteiger partial charge in [0.1, 0.15) is 30.2 Å². The predicted octanol–water partition coefficient (Wildman–Crippen LogP) is 0.286. The Morgan fingerprint density at radius 3 is 2.87 bits per heavy atom. The van der Waals surface area contributed by atoms with E-state index >= 15 is 0 Å². The molecule has 2 saturated heterocycles. The molecule has 2 aromatic heterocycles. The number of nitrogen functional groups attached to an aromatic ring is 1. The lowest BCUT2D eigenvalue weighted by molar-refractivity contribution is -0.188. The van der Waals surface area contributed by atoms with Gasteiger partial charge in [-0.1, -0.05) is 5.16 Å². The molecule has 0 spiro atoms. The summed E-state index contributed by atoms with van der Waals surface area (Å²) in [6, 6.07) is 0. The molecule has 2 aliphatic rings. The average molecular weight is 320 g/mol. The minimum Gasteiger partial charge on any atom is -0.411 e. The Balaban J connectivity index is 1.77. The van der Waals surface area contributed by atoms with Gasteiger partial charge in [0.2, 0.25) is 0 Å². The van der Waals surface area contributed by atoms with Crippen LogP contribution in [-0.2, 0) is 14.2 Å². The first-order valence-corrected chi connectivity index (χ1v) is 7.12. The summed E-state index contributed by atoms with van der Waals surface area (Å²) in [5.41, 5.74) is 6.84. The highest BCUT2D eigenvalue weighted by molar-refractivity contribution is 5.81. The first kappa shape index (κ1) is 14.3. The van der Waals surface area contributed by atoms with Gasteiger partial charge in [-0.15, -0.1) is 0 Å². The molecule has 10 nitrogen and oxygen atoms in total. The first-order valence-electron chi connectivity index (χ1n) is 7.12. The fourth-order valence-corrected chi connectivity index (χ4v) is 3.07. The number of imidazole rings is 1. The third-order valence-electron chi connectivity index (χ3n) is 3.94. The molecule has 4 heterocycles. The van der Waals surface area contributed by atoms with E-state index in [0.717, 1.165) is 0 Å². The largest absolute Gasteiger partial charge is 0.411 e. The van der Waals surface area contributed by atoms with Crippen LogP contribution in [0.1, 0.15) is 20.1 Å². The number of rotatable bonds is 2. The van der Waals surface area contributed by atoms with E-state index in [1.807, 2.05) is 13.8 Å². The first-order chi connectivity index (χ1) is 11.0. The maximum atomic E-state index is 8.84. The summed E-state index contributed by atoms with van der Waals surface area (Å²) in [6.07, 6.45) is 2.34. The number of fused-ring (bicyclic) bond motifs is 2. The fraction of sp³-hybridized carbons (Fsp3) is 0.538. The highest BCUT2D eigenvalue weighted by Gasteiger charge is 2.55. The van der Waals surface area contributed by atoms with Gasteiger partial charge in [-0.3, -0.25) is 4.57 Å². The zero-order chi connectivity index (χ0) is 16.2. The maximum Gasteiger partial charge on any atom is 0.167 e. The number of oxime groups is 1. The SMILES string of the molecule is CC1(C)OC2C(/C=N/O)OC(n3cnc4c(N)ncnc43)C2O1. The van der Waals surface area contributed by atoms with E-state index in [2.05, 4.69) is 20.1 Å². The molecular weight excluding hydrogens is 304 g/mol. The van der Waals surface area contributed by atoms with Gasteiger partial charge < -0.3 is 25.2 Å². The summed E-state index contributed by atoms with van der Waals surface area (Å²) >= 11 is 0. The zero-order valence-corrected chi connectivity index (χ0v) is 12.5. The molecule has 23 heavy (non-hydrogen) atoms. The highest BCUT2D eigenvalue weighted by atomic mass is 16.8. The maximum absolute atomic E-state index is 8.84. The second kappa shape index (κ2) is 4.85. The summed E-state index contributed by atoms with van der Waals surface area (Å²) in [4.78, 5) is 12.4. The molecule has 0 aliphatic carbocycles. The fourth-order valence-electron chi connectivity index (χ4n) is 3.07. The number of hydrogen-bond acceptors (Lipinski definition) is 9. The van der Waals surface area contributed by atoms with Crippen molar-refractivity contribution in [2.75, 3.05) is 5.73 Å². The van der Waals surface area contributed by atoms with Crippen LogP contribution in [0.15, 0.2) is 17.8 Å². The molecule has 0 aromatic carbocycles. The molecule has 4 atom stereocenters. The van der Waals surface area contributed by atoms with E-state index in [1.165, 1.54) is 12.5 Å². The quantitative estimate of drug-likeness (QED) is 0.458. The van der Waals surface area contributed by atoms with Gasteiger partial charge in [0.25, 0.3) is 0 Å². The van der Waals surface area contributed by atoms with Gasteiger partial charge in [0, 0.05) is 0 Å². The van der Waals surface area contributed by atoms with Crippen molar-refractivity contribution in [3.05, 3.63) is 12.7 Å². The number of anilines is 1. The van der Waals surface area contributed by atoms with Crippen LogP contribution in [0.3, 0.4) is 0 Å². The Labute approximate surface area is 130 Å². The zero-order valence-electron chi connectivity index (χ0n) is 12.5. The van der Waals surface area contributed by atoms with Gasteiger partial charge in [-0.2, -0.15) is 0 Å². The Morgan fingerprint density at radius 1 is 1.30 bits per heavy atom. The molecule has 4 rings (SSSR count). The molecule has 4 unspecified atom stereocenters. The Morgan fingerprint density at radius 2 is 2.09 bits per heavy atom. The number of nitrogens with two attached hydrogens (primary N) is 1. The Hall–Kier alpha value is -2.30. The van der Waals surface area contributed by atoms with Crippen molar-refractivity contribution in [3.8, 4) is 0 Å². The molecule has 2 aliphatic heterocycles. The van der Waals surface area contributed by atoms with Crippen LogP contribution in [0.5, 0.6) is 0 Å². The molecule has 10 heteroatoms. The molecule has 3 N–H and O–H groups in total. The summed E-state index contributed by atoms with van der Waals surface area (Å²) in [5, 5.41) is 11.9. The minimum absolute atomic E-state index is 0.292. The summed E-state index contributed by atoms with van der Waals surface area (Å²) < 4.78 is 19.5. The standard InChI is InChI=1S/C13H16N6O4/c1-13(2)22-8-6(3-18-20)21-12(9(8)23-13)19-5-17-7-10(14)15-4-16-11(7)19/h3-6,8-9,12,20H,1-2H3,(H2,14,15,16)/b18-3+. The van der Waals surface area contributed by atoms with E-state index in [1.54, 1.807) is 10.9 Å². The lowest BCUT2D eigenvalue weighted by Gasteiger charge is -2.23. The van der Waals surface area contributed by atoms with Gasteiger partial charge in [0.05, 0.1) is 12.5 Å². The van der Waals surface area contributed by atoms with Gasteiger partial charge in [-0.25, -0.2) is 15.0 Å². The van der Waals surface area contributed by atoms with E-state index in [4.69, 9.17) is 25.2 Å². The molecule has 122 valence electrons. The number of aromatic nitrogens is 4. The van der Waals surface area contributed by atoms with E-state index < -0.39 is 30.3 Å². The minimum atomic E-state index is -0.761. The Bertz CT molecular complexity index is 775. The summed E-state index contributed by atoms with van der Waals surface area (Å²) in [6.45, 7) is 3.64. The highest BCUT2D eigenvalue weighted by Crippen LogP contribution is 2.43. The molecule has 0 saturated carbocycles. The third kappa shape index (κ3) is 2.14. The lowest BCUT2D eigenvalue weighted by atomic mass is 10.1. The smallest absolute Gasteiger partial charge is 0.167 e. The van der Waals surface area contributed by atoms with Crippen LogP contribution in [0, 0.1) is 0 Å². The van der Waals surface area contributed by atoms with Crippen LogP contribution < -0.4 is 5.73 Å². The van der Waals surface area contributed by atoms with Gasteiger partial charge in [-0.05, 0) is 13.8 Å². The number of hydrogen-bond donors (Lipinski definition) is 2.